The van der Waals surface area contributed by atoms with Crippen LogP contribution in [0.2, 0.25) is 0 Å². The molecule has 1 aliphatic heterocycles. The molecule has 0 bridgehead atoms. The lowest BCUT2D eigenvalue weighted by Crippen LogP contribution is -2.09. The van der Waals surface area contributed by atoms with Gasteiger partial charge in [-0.15, -0.1) is 0 Å². The van der Waals surface area contributed by atoms with E-state index in [1.165, 1.54) is 14.2 Å². The van der Waals surface area contributed by atoms with Gasteiger partial charge in [0.15, 0.2) is 5.69 Å². The van der Waals surface area contributed by atoms with E-state index >= 15 is 0 Å². The van der Waals surface area contributed by atoms with Gasteiger partial charge < -0.3 is 14.8 Å². The predicted molar refractivity (Wildman–Crippen MR) is 54.3 cm³/mol. The first-order chi connectivity index (χ1) is 7.26. The second kappa shape index (κ2) is 3.76. The minimum atomic E-state index is -0.445. The maximum atomic E-state index is 11.5. The van der Waals surface area contributed by atoms with Crippen molar-refractivity contribution in [3.05, 3.63) is 17.3 Å². The molecule has 0 spiro atoms. The molecule has 15 heavy (non-hydrogen) atoms. The van der Waals surface area contributed by atoms with Crippen molar-refractivity contribution >= 4 is 11.7 Å². The number of nitrogens with zero attached hydrogens (tertiary/aromatic N) is 1. The molecule has 5 heteroatoms. The summed E-state index contributed by atoms with van der Waals surface area (Å²) in [6.45, 7) is 0.814. The van der Waals surface area contributed by atoms with E-state index in [2.05, 4.69) is 15.0 Å². The summed E-state index contributed by atoms with van der Waals surface area (Å²) in [5.41, 5.74) is 2.11. The number of carbonyl (C=O) groups is 1. The summed E-state index contributed by atoms with van der Waals surface area (Å²) in [6.07, 6.45) is 0.873. The molecular weight excluding hydrogens is 196 g/mol. The monoisotopic (exact) mass is 208 g/mol. The van der Waals surface area contributed by atoms with E-state index in [4.69, 9.17) is 4.74 Å². The number of ether oxygens (including phenoxy) is 2. The number of methoxy groups -OCH3 is 2. The highest BCUT2D eigenvalue weighted by Gasteiger charge is 2.22. The van der Waals surface area contributed by atoms with Crippen molar-refractivity contribution in [3.63, 3.8) is 0 Å². The molecule has 0 saturated heterocycles. The second-order valence-corrected chi connectivity index (χ2v) is 3.22. The number of esters is 1. The van der Waals surface area contributed by atoms with Crippen molar-refractivity contribution in [2.45, 2.75) is 6.42 Å². The highest BCUT2D eigenvalue weighted by molar-refractivity contribution is 5.95. The summed E-state index contributed by atoms with van der Waals surface area (Å²) in [6, 6.07) is 1.84. The second-order valence-electron chi connectivity index (χ2n) is 3.22. The van der Waals surface area contributed by atoms with E-state index in [1.54, 1.807) is 0 Å². The molecule has 0 radical (unpaired) electrons. The Kier molecular flexibility index (Phi) is 2.45. The standard InChI is InChI=1S/C10H12N2O3/c1-14-7-5-6-3-4-11-8(6)9(12-7)10(13)15-2/h5,11H,3-4H2,1-2H3. The fraction of sp³-hybridized carbons (Fsp3) is 0.400. The van der Waals surface area contributed by atoms with Crippen molar-refractivity contribution < 1.29 is 14.3 Å². The number of pyridine rings is 1. The molecular formula is C10H12N2O3. The average molecular weight is 208 g/mol. The SMILES string of the molecule is COC(=O)c1nc(OC)cc2c1NCC2. The maximum absolute atomic E-state index is 11.5. The van der Waals surface area contributed by atoms with Crippen LogP contribution in [0.25, 0.3) is 0 Å². The van der Waals surface area contributed by atoms with Crippen LogP contribution in [0.1, 0.15) is 16.1 Å². The van der Waals surface area contributed by atoms with Crippen LogP contribution in [-0.4, -0.2) is 31.7 Å². The van der Waals surface area contributed by atoms with E-state index in [9.17, 15) is 4.79 Å². The van der Waals surface area contributed by atoms with Crippen LogP contribution in [0.5, 0.6) is 5.88 Å². The zero-order valence-corrected chi connectivity index (χ0v) is 8.66. The molecule has 0 amide bonds. The van der Waals surface area contributed by atoms with Crippen LogP contribution in [0.4, 0.5) is 5.69 Å². The van der Waals surface area contributed by atoms with Crippen LogP contribution in [0, 0.1) is 0 Å². The molecule has 0 saturated carbocycles. The number of rotatable bonds is 2. The first kappa shape index (κ1) is 9.76. The number of anilines is 1. The van der Waals surface area contributed by atoms with E-state index in [0.717, 1.165) is 24.2 Å². The highest BCUT2D eigenvalue weighted by atomic mass is 16.5. The number of aromatic nitrogens is 1. The Bertz CT molecular complexity index is 404. The third-order valence-electron chi connectivity index (χ3n) is 2.36. The maximum Gasteiger partial charge on any atom is 0.358 e. The van der Waals surface area contributed by atoms with Gasteiger partial charge in [-0.1, -0.05) is 0 Å². The van der Waals surface area contributed by atoms with Gasteiger partial charge in [0.25, 0.3) is 0 Å². The molecule has 1 aromatic heterocycles. The van der Waals surface area contributed by atoms with E-state index in [-0.39, 0.29) is 0 Å². The van der Waals surface area contributed by atoms with Gasteiger partial charge in [-0.2, -0.15) is 0 Å². The van der Waals surface area contributed by atoms with Crippen LogP contribution in [0.3, 0.4) is 0 Å². The molecule has 0 aromatic carbocycles. The van der Waals surface area contributed by atoms with Gasteiger partial charge in [-0.3, -0.25) is 0 Å². The van der Waals surface area contributed by atoms with Crippen molar-refractivity contribution in [3.8, 4) is 5.88 Å². The lowest BCUT2D eigenvalue weighted by atomic mass is 10.1. The molecule has 1 aromatic rings. The van der Waals surface area contributed by atoms with Crippen molar-refractivity contribution in [1.29, 1.82) is 0 Å². The molecule has 0 aliphatic carbocycles. The molecule has 80 valence electrons. The molecule has 5 nitrogen and oxygen atoms in total. The summed E-state index contributed by atoms with van der Waals surface area (Å²) in [7, 11) is 2.86. The number of nitrogens with one attached hydrogen (secondary N) is 1. The first-order valence-corrected chi connectivity index (χ1v) is 4.66. The van der Waals surface area contributed by atoms with E-state index in [0.29, 0.717) is 11.6 Å². The minimum Gasteiger partial charge on any atom is -0.481 e. The smallest absolute Gasteiger partial charge is 0.358 e. The number of hydrogen-bond acceptors (Lipinski definition) is 5. The van der Waals surface area contributed by atoms with Crippen molar-refractivity contribution in [2.24, 2.45) is 0 Å². The fourth-order valence-corrected chi connectivity index (χ4v) is 1.64. The minimum absolute atomic E-state index is 0.296. The Morgan fingerprint density at radius 1 is 1.53 bits per heavy atom. The zero-order chi connectivity index (χ0) is 10.8. The van der Waals surface area contributed by atoms with Crippen molar-refractivity contribution in [1.82, 2.24) is 4.98 Å². The lowest BCUT2D eigenvalue weighted by molar-refractivity contribution is 0.0594. The van der Waals surface area contributed by atoms with Gasteiger partial charge in [0.05, 0.1) is 19.9 Å². The van der Waals surface area contributed by atoms with Gasteiger partial charge >= 0.3 is 5.97 Å². The van der Waals surface area contributed by atoms with Crippen LogP contribution in [0.15, 0.2) is 6.07 Å². The van der Waals surface area contributed by atoms with Gasteiger partial charge in [-0.05, 0) is 12.0 Å². The molecule has 1 aliphatic rings. The Labute approximate surface area is 87.4 Å². The zero-order valence-electron chi connectivity index (χ0n) is 8.66. The molecule has 2 heterocycles. The molecule has 0 atom stereocenters. The summed E-state index contributed by atoms with van der Waals surface area (Å²) in [5, 5.41) is 3.12. The summed E-state index contributed by atoms with van der Waals surface area (Å²) >= 11 is 0. The van der Waals surface area contributed by atoms with E-state index in [1.807, 2.05) is 6.07 Å². The average Bonchev–Trinajstić information content (AvgIpc) is 2.74. The lowest BCUT2D eigenvalue weighted by Gasteiger charge is -2.08. The fourth-order valence-electron chi connectivity index (χ4n) is 1.64. The van der Waals surface area contributed by atoms with Crippen LogP contribution < -0.4 is 10.1 Å². The molecule has 2 rings (SSSR count). The Morgan fingerprint density at radius 3 is 3.00 bits per heavy atom. The van der Waals surface area contributed by atoms with E-state index < -0.39 is 5.97 Å². The summed E-state index contributed by atoms with van der Waals surface area (Å²) in [4.78, 5) is 15.5. The first-order valence-electron chi connectivity index (χ1n) is 4.66. The largest absolute Gasteiger partial charge is 0.481 e. The Morgan fingerprint density at radius 2 is 2.33 bits per heavy atom. The molecule has 0 unspecified atom stereocenters. The van der Waals surface area contributed by atoms with Gasteiger partial charge in [0, 0.05) is 12.6 Å². The number of carbonyl (C=O) groups excluding carboxylic acids is 1. The molecule has 1 N–H and O–H groups in total. The predicted octanol–water partition coefficient (Wildman–Crippen LogP) is 0.845. The quantitative estimate of drug-likeness (QED) is 0.730. The van der Waals surface area contributed by atoms with Gasteiger partial charge in [0.1, 0.15) is 0 Å². The molecule has 0 fully saturated rings. The van der Waals surface area contributed by atoms with Crippen molar-refractivity contribution in [2.75, 3.05) is 26.1 Å². The third-order valence-corrected chi connectivity index (χ3v) is 2.36. The van der Waals surface area contributed by atoms with Crippen LogP contribution >= 0.6 is 0 Å². The Hall–Kier alpha value is -1.78. The number of hydrogen-bond donors (Lipinski definition) is 1. The van der Waals surface area contributed by atoms with Gasteiger partial charge in [-0.25, -0.2) is 9.78 Å². The topological polar surface area (TPSA) is 60.5 Å². The highest BCUT2D eigenvalue weighted by Crippen LogP contribution is 2.28. The normalized spacial score (nSPS) is 12.9. The summed E-state index contributed by atoms with van der Waals surface area (Å²) in [5.74, 6) is -0.00241. The Balaban J connectivity index is 2.52. The van der Waals surface area contributed by atoms with Gasteiger partial charge in [0.2, 0.25) is 5.88 Å². The van der Waals surface area contributed by atoms with Crippen LogP contribution in [-0.2, 0) is 11.2 Å². The summed E-state index contributed by atoms with van der Waals surface area (Å²) < 4.78 is 9.69. The third kappa shape index (κ3) is 1.60. The number of fused-ring (bicyclic) bond motifs is 1.